The molecule has 3 atom stereocenters. The molecule has 31 heavy (non-hydrogen) atoms. The van der Waals surface area contributed by atoms with Crippen molar-refractivity contribution < 1.29 is 25.5 Å². The molecule has 6 rings (SSSR count). The van der Waals surface area contributed by atoms with Crippen molar-refractivity contribution in [3.63, 3.8) is 0 Å². The Kier molecular flexibility index (Phi) is 5.18. The number of aliphatic hydroxyl groups excluding tert-OH is 5. The molecule has 2 aromatic carbocycles. The molecule has 4 fully saturated rings. The highest BCUT2D eigenvalue weighted by Crippen LogP contribution is 2.53. The Balaban J connectivity index is 1.59. The first-order valence-electron chi connectivity index (χ1n) is 10.9. The van der Waals surface area contributed by atoms with Crippen LogP contribution in [0.2, 0.25) is 0 Å². The molecule has 4 saturated heterocycles. The summed E-state index contributed by atoms with van der Waals surface area (Å²) < 4.78 is 0. The lowest BCUT2D eigenvalue weighted by Gasteiger charge is -2.70. The maximum Gasteiger partial charge on any atom is 0.111 e. The summed E-state index contributed by atoms with van der Waals surface area (Å²) >= 11 is 0. The van der Waals surface area contributed by atoms with Gasteiger partial charge in [0.25, 0.3) is 0 Å². The summed E-state index contributed by atoms with van der Waals surface area (Å²) in [7, 11) is 0. The van der Waals surface area contributed by atoms with Crippen molar-refractivity contribution in [3.8, 4) is 0 Å². The van der Waals surface area contributed by atoms with Crippen molar-refractivity contribution in [2.45, 2.75) is 41.4 Å². The van der Waals surface area contributed by atoms with Crippen LogP contribution in [0.25, 0.3) is 0 Å². The van der Waals surface area contributed by atoms with E-state index in [2.05, 4.69) is 9.80 Å². The van der Waals surface area contributed by atoms with Crippen molar-refractivity contribution in [2.75, 3.05) is 32.8 Å². The molecule has 4 bridgehead atoms. The topological polar surface area (TPSA) is 108 Å². The zero-order chi connectivity index (χ0) is 21.8. The molecule has 0 unspecified atom stereocenters. The number of nitrogens with zero attached hydrogens (tertiary/aromatic N) is 2. The maximum absolute atomic E-state index is 11.9. The van der Waals surface area contributed by atoms with Gasteiger partial charge in [0.2, 0.25) is 0 Å². The lowest BCUT2D eigenvalue weighted by molar-refractivity contribution is -0.241. The second-order valence-electron chi connectivity index (χ2n) is 9.40. The second-order valence-corrected chi connectivity index (χ2v) is 9.40. The van der Waals surface area contributed by atoms with Gasteiger partial charge in [-0.1, -0.05) is 60.7 Å². The summed E-state index contributed by atoms with van der Waals surface area (Å²) in [4.78, 5) is 4.25. The Morgan fingerprint density at radius 3 is 1.58 bits per heavy atom. The summed E-state index contributed by atoms with van der Waals surface area (Å²) in [6, 6.07) is 20.0. The van der Waals surface area contributed by atoms with Gasteiger partial charge in [0.15, 0.2) is 0 Å². The Morgan fingerprint density at radius 2 is 1.19 bits per heavy atom. The molecular weight excluding hydrogens is 396 g/mol. The van der Waals surface area contributed by atoms with Crippen LogP contribution < -0.4 is 0 Å². The van der Waals surface area contributed by atoms with E-state index in [1.54, 1.807) is 0 Å². The first-order chi connectivity index (χ1) is 14.9. The van der Waals surface area contributed by atoms with Crippen LogP contribution in [0.4, 0.5) is 0 Å². The third-order valence-electron chi connectivity index (χ3n) is 7.67. The van der Waals surface area contributed by atoms with Crippen molar-refractivity contribution in [3.05, 3.63) is 71.8 Å². The van der Waals surface area contributed by atoms with Crippen molar-refractivity contribution in [1.82, 2.24) is 9.80 Å². The fraction of sp³-hybridized carbons (Fsp3) is 0.500. The summed E-state index contributed by atoms with van der Waals surface area (Å²) in [6.07, 6.45) is -5.23. The lowest BCUT2D eigenvalue weighted by atomic mass is 9.54. The molecule has 0 amide bonds. The van der Waals surface area contributed by atoms with E-state index in [0.717, 1.165) is 11.1 Å². The van der Waals surface area contributed by atoms with Crippen molar-refractivity contribution in [1.29, 1.82) is 0 Å². The summed E-state index contributed by atoms with van der Waals surface area (Å²) in [6.45, 7) is 1.52. The molecule has 4 aliphatic rings. The van der Waals surface area contributed by atoms with E-state index in [1.807, 2.05) is 60.7 Å². The highest BCUT2D eigenvalue weighted by molar-refractivity contribution is 5.42. The first kappa shape index (κ1) is 21.0. The van der Waals surface area contributed by atoms with Gasteiger partial charge in [0.1, 0.15) is 18.3 Å². The number of hydrogen-bond acceptors (Lipinski definition) is 7. The summed E-state index contributed by atoms with van der Waals surface area (Å²) in [5, 5.41) is 52.4. The fourth-order valence-corrected chi connectivity index (χ4v) is 6.31. The van der Waals surface area contributed by atoms with E-state index < -0.39 is 48.0 Å². The normalized spacial score (nSPS) is 39.3. The van der Waals surface area contributed by atoms with Gasteiger partial charge in [-0.05, 0) is 11.1 Å². The van der Waals surface area contributed by atoms with Crippen molar-refractivity contribution in [2.24, 2.45) is 0 Å². The van der Waals surface area contributed by atoms with Gasteiger partial charge >= 0.3 is 0 Å². The lowest BCUT2D eigenvalue weighted by Crippen LogP contribution is -2.85. The van der Waals surface area contributed by atoms with E-state index >= 15 is 0 Å². The highest BCUT2D eigenvalue weighted by Gasteiger charge is 2.67. The molecule has 2 aromatic rings. The molecule has 0 aromatic heterocycles. The van der Waals surface area contributed by atoms with Gasteiger partial charge in [0.05, 0.1) is 18.9 Å². The molecule has 0 aliphatic carbocycles. The van der Waals surface area contributed by atoms with Gasteiger partial charge in [-0.3, -0.25) is 9.80 Å². The number of rotatable bonds is 6. The molecule has 7 heteroatoms. The molecular formula is C24H30N2O5. The minimum Gasteiger partial charge on any atom is -0.394 e. The van der Waals surface area contributed by atoms with Crippen LogP contribution in [-0.2, 0) is 10.8 Å². The number of hydrogen-bond donors (Lipinski definition) is 5. The molecule has 7 nitrogen and oxygen atoms in total. The van der Waals surface area contributed by atoms with Gasteiger partial charge < -0.3 is 25.5 Å². The van der Waals surface area contributed by atoms with Crippen LogP contribution in [0.1, 0.15) is 11.1 Å². The molecule has 4 aliphatic heterocycles. The van der Waals surface area contributed by atoms with Gasteiger partial charge in [0, 0.05) is 37.0 Å². The van der Waals surface area contributed by atoms with E-state index in [9.17, 15) is 25.5 Å². The zero-order valence-electron chi connectivity index (χ0n) is 17.3. The van der Waals surface area contributed by atoms with Crippen LogP contribution in [0, 0.1) is 0 Å². The van der Waals surface area contributed by atoms with Crippen LogP contribution in [-0.4, -0.2) is 98.7 Å². The quantitative estimate of drug-likeness (QED) is 0.415. The summed E-state index contributed by atoms with van der Waals surface area (Å²) in [5.74, 6) is 0. The van der Waals surface area contributed by atoms with Crippen LogP contribution >= 0.6 is 0 Å². The van der Waals surface area contributed by atoms with Gasteiger partial charge in [-0.2, -0.15) is 0 Å². The molecule has 5 N–H and O–H groups in total. The minimum atomic E-state index is -1.46. The standard InChI is InChI=1S/C24H30N2O5/c27-11-18(28)19(29)20(30)21-25-12-23(16-7-3-1-4-8-16)13-26(21)15-24(14-25,22(23)31)17-9-5-2-6-10-17/h1-10,18-22,27-31H,11-15H2/t18-,19-,20-,21?,22?,23?,24?/m0/s1. The average Bonchev–Trinajstić information content (AvgIpc) is 2.81. The Labute approximate surface area is 181 Å². The van der Waals surface area contributed by atoms with E-state index in [4.69, 9.17) is 0 Å². The first-order valence-corrected chi connectivity index (χ1v) is 10.9. The predicted octanol–water partition coefficient (Wildman–Crippen LogP) is -0.731. The maximum atomic E-state index is 11.9. The van der Waals surface area contributed by atoms with E-state index in [0.29, 0.717) is 26.2 Å². The predicted molar refractivity (Wildman–Crippen MR) is 114 cm³/mol. The monoisotopic (exact) mass is 426 g/mol. The molecule has 0 spiro atoms. The number of piperidine rings is 2. The van der Waals surface area contributed by atoms with E-state index in [1.165, 1.54) is 0 Å². The number of aliphatic hydroxyl groups is 5. The molecule has 4 heterocycles. The molecule has 166 valence electrons. The van der Waals surface area contributed by atoms with Gasteiger partial charge in [-0.15, -0.1) is 0 Å². The van der Waals surface area contributed by atoms with Crippen LogP contribution in [0.3, 0.4) is 0 Å². The largest absolute Gasteiger partial charge is 0.394 e. The number of benzene rings is 2. The fourth-order valence-electron chi connectivity index (χ4n) is 6.31. The average molecular weight is 427 g/mol. The van der Waals surface area contributed by atoms with E-state index in [-0.39, 0.29) is 0 Å². The Morgan fingerprint density at radius 1 is 0.774 bits per heavy atom. The molecule has 0 radical (unpaired) electrons. The van der Waals surface area contributed by atoms with Crippen molar-refractivity contribution >= 4 is 0 Å². The van der Waals surface area contributed by atoms with Gasteiger partial charge in [-0.25, -0.2) is 0 Å². The smallest absolute Gasteiger partial charge is 0.111 e. The SMILES string of the molecule is OC[C@H](O)[C@H](O)[C@H](O)C1N2CC3(c4ccccc4)CN1CC(c1ccccc1)(C2)C3O. The Hall–Kier alpha value is -1.84. The third-order valence-corrected chi connectivity index (χ3v) is 7.67. The highest BCUT2D eigenvalue weighted by atomic mass is 16.4. The zero-order valence-corrected chi connectivity index (χ0v) is 17.3. The molecule has 0 saturated carbocycles. The second kappa shape index (κ2) is 7.64. The summed E-state index contributed by atoms with van der Waals surface area (Å²) in [5.41, 5.74) is 1.04. The van der Waals surface area contributed by atoms with Crippen LogP contribution in [0.5, 0.6) is 0 Å². The minimum absolute atomic E-state index is 0.502. The third kappa shape index (κ3) is 3.00. The van der Waals surface area contributed by atoms with Crippen LogP contribution in [0.15, 0.2) is 60.7 Å². The Bertz CT molecular complexity index is 835.